The highest BCUT2D eigenvalue weighted by Crippen LogP contribution is 2.38. The lowest BCUT2D eigenvalue weighted by Gasteiger charge is -2.30. The molecule has 0 saturated heterocycles. The lowest BCUT2D eigenvalue weighted by molar-refractivity contribution is -0.118. The summed E-state index contributed by atoms with van der Waals surface area (Å²) in [6.07, 6.45) is 1.85. The minimum atomic E-state index is -0.706. The van der Waals surface area contributed by atoms with E-state index < -0.39 is 17.4 Å². The second-order valence-electron chi connectivity index (χ2n) is 14.7. The Hall–Kier alpha value is -5.21. The predicted octanol–water partition coefficient (Wildman–Crippen LogP) is 9.87. The van der Waals surface area contributed by atoms with Gasteiger partial charge in [-0.3, -0.25) is 19.5 Å². The van der Waals surface area contributed by atoms with Crippen LogP contribution in [0.5, 0.6) is 5.75 Å². The first-order valence-electron chi connectivity index (χ1n) is 18.1. The van der Waals surface area contributed by atoms with Crippen molar-refractivity contribution in [2.45, 2.75) is 65.2 Å². The standard InChI is InChI=1S/C41H41Cl3N8O4S/c1-7-40(3,4)25-17-18-32(29(20-25)41(5,6)8-2)56-23-33(53)45-27-14-12-13-24(19-27)37(54)46-36-35(52-39(57)50(48-49-52)28-15-10-9-11-16-28)38(55)51(47-36)34-30(43)21-26(42)22-31(34)44/h9-22,47H,7-8,23H2,1-6H3,(H,45,53)(H,46,54). The summed E-state index contributed by atoms with van der Waals surface area (Å²) in [6, 6.07) is 24.3. The lowest BCUT2D eigenvalue weighted by atomic mass is 9.76. The van der Waals surface area contributed by atoms with Crippen molar-refractivity contribution in [3.8, 4) is 22.8 Å². The summed E-state index contributed by atoms with van der Waals surface area (Å²) < 4.78 is 9.68. The SMILES string of the molecule is CCC(C)(C)c1ccc(OCC(=O)Nc2cccc(C(=O)Nc3[nH]n(-c4c(Cl)cc(Cl)cc4Cl)c(=O)c3-n3nnn(-c4ccccc4)c3=S)c2)c(C(C)(C)CC)c1. The molecule has 2 amide bonds. The number of rotatable bonds is 13. The molecule has 16 heteroatoms. The summed E-state index contributed by atoms with van der Waals surface area (Å²) in [4.78, 5) is 41.2. The molecule has 3 N–H and O–H groups in total. The van der Waals surface area contributed by atoms with Gasteiger partial charge in [0.15, 0.2) is 18.1 Å². The number of carbonyl (C=O) groups excluding carboxylic acids is 2. The molecule has 0 fully saturated rings. The van der Waals surface area contributed by atoms with Crippen LogP contribution in [0.1, 0.15) is 75.9 Å². The summed E-state index contributed by atoms with van der Waals surface area (Å²) >= 11 is 24.8. The van der Waals surface area contributed by atoms with Crippen molar-refractivity contribution in [1.82, 2.24) is 29.6 Å². The summed E-state index contributed by atoms with van der Waals surface area (Å²) in [5, 5.41) is 17.1. The van der Waals surface area contributed by atoms with Crippen LogP contribution in [-0.4, -0.2) is 48.0 Å². The fraction of sp³-hybridized carbons (Fsp3) is 0.268. The van der Waals surface area contributed by atoms with Crippen molar-refractivity contribution in [3.05, 3.63) is 132 Å². The van der Waals surface area contributed by atoms with Crippen molar-refractivity contribution in [2.75, 3.05) is 17.2 Å². The van der Waals surface area contributed by atoms with Gasteiger partial charge in [0.2, 0.25) is 4.77 Å². The summed E-state index contributed by atoms with van der Waals surface area (Å²) in [6.45, 7) is 12.8. The molecule has 0 aliphatic carbocycles. The lowest BCUT2D eigenvalue weighted by Crippen LogP contribution is -2.24. The Morgan fingerprint density at radius 3 is 2.14 bits per heavy atom. The van der Waals surface area contributed by atoms with E-state index in [9.17, 15) is 14.4 Å². The first kappa shape index (κ1) is 41.4. The number of amides is 2. The number of ether oxygens (including phenoxy) is 1. The fourth-order valence-corrected chi connectivity index (χ4v) is 7.26. The van der Waals surface area contributed by atoms with Gasteiger partial charge in [-0.05, 0) is 100 Å². The molecular weight excluding hydrogens is 807 g/mol. The monoisotopic (exact) mass is 846 g/mol. The predicted molar refractivity (Wildman–Crippen MR) is 228 cm³/mol. The largest absolute Gasteiger partial charge is 0.483 e. The molecule has 0 spiro atoms. The van der Waals surface area contributed by atoms with E-state index >= 15 is 0 Å². The van der Waals surface area contributed by atoms with Crippen LogP contribution in [0.4, 0.5) is 11.5 Å². The van der Waals surface area contributed by atoms with E-state index in [4.69, 9.17) is 51.8 Å². The number of aromatic amines is 1. The van der Waals surface area contributed by atoms with Crippen molar-refractivity contribution >= 4 is 70.3 Å². The molecule has 4 aromatic carbocycles. The maximum Gasteiger partial charge on any atom is 0.299 e. The third kappa shape index (κ3) is 8.71. The van der Waals surface area contributed by atoms with Crippen molar-refractivity contribution < 1.29 is 14.3 Å². The Bertz CT molecular complexity index is 2570. The van der Waals surface area contributed by atoms with Gasteiger partial charge in [-0.15, -0.1) is 0 Å². The number of para-hydroxylation sites is 1. The Balaban J connectivity index is 1.27. The molecular formula is C41H41Cl3N8O4S. The molecule has 6 aromatic rings. The minimum Gasteiger partial charge on any atom is -0.483 e. The average Bonchev–Trinajstić information content (AvgIpc) is 3.71. The molecule has 296 valence electrons. The van der Waals surface area contributed by atoms with Crippen LogP contribution in [0.15, 0.2) is 89.7 Å². The highest BCUT2D eigenvalue weighted by atomic mass is 35.5. The number of hydrogen-bond donors (Lipinski definition) is 3. The number of anilines is 2. The van der Waals surface area contributed by atoms with Crippen molar-refractivity contribution in [3.63, 3.8) is 0 Å². The number of hydrogen-bond acceptors (Lipinski definition) is 7. The third-order valence-electron chi connectivity index (χ3n) is 10.1. The van der Waals surface area contributed by atoms with Crippen LogP contribution in [0.2, 0.25) is 15.1 Å². The molecule has 2 aromatic heterocycles. The number of nitrogens with zero attached hydrogens (tertiary/aromatic N) is 5. The van der Waals surface area contributed by atoms with Gasteiger partial charge in [0, 0.05) is 21.8 Å². The molecule has 0 aliphatic heterocycles. The molecule has 0 radical (unpaired) electrons. The van der Waals surface area contributed by atoms with Gasteiger partial charge in [0.1, 0.15) is 11.4 Å². The van der Waals surface area contributed by atoms with Gasteiger partial charge in [0.05, 0.1) is 15.7 Å². The van der Waals surface area contributed by atoms with Crippen molar-refractivity contribution in [2.24, 2.45) is 0 Å². The summed E-state index contributed by atoms with van der Waals surface area (Å²) in [7, 11) is 0. The van der Waals surface area contributed by atoms with E-state index in [1.165, 1.54) is 28.4 Å². The Morgan fingerprint density at radius 1 is 0.807 bits per heavy atom. The molecule has 0 saturated carbocycles. The molecule has 0 unspecified atom stereocenters. The third-order valence-corrected chi connectivity index (χ3v) is 11.3. The number of tetrazole rings is 1. The van der Waals surface area contributed by atoms with E-state index in [1.807, 2.05) is 12.1 Å². The first-order valence-corrected chi connectivity index (χ1v) is 19.7. The van der Waals surface area contributed by atoms with Gasteiger partial charge >= 0.3 is 0 Å². The fourth-order valence-electron chi connectivity index (χ4n) is 6.00. The van der Waals surface area contributed by atoms with Gasteiger partial charge < -0.3 is 15.4 Å². The molecule has 6 rings (SSSR count). The molecule has 57 heavy (non-hydrogen) atoms. The number of H-pyrrole nitrogens is 1. The van der Waals surface area contributed by atoms with E-state index in [0.717, 1.165) is 27.8 Å². The minimum absolute atomic E-state index is 0.0135. The second-order valence-corrected chi connectivity index (χ2v) is 16.3. The molecule has 2 heterocycles. The molecule has 0 atom stereocenters. The van der Waals surface area contributed by atoms with E-state index in [0.29, 0.717) is 17.1 Å². The number of halogens is 3. The van der Waals surface area contributed by atoms with Crippen LogP contribution in [-0.2, 0) is 15.6 Å². The first-order chi connectivity index (χ1) is 27.0. The number of aromatic nitrogens is 6. The van der Waals surface area contributed by atoms with E-state index in [2.05, 4.69) is 79.8 Å². The zero-order valence-corrected chi connectivity index (χ0v) is 35.2. The Morgan fingerprint density at radius 2 is 1.47 bits per heavy atom. The van der Waals surface area contributed by atoms with Gasteiger partial charge in [-0.1, -0.05) is 113 Å². The summed E-state index contributed by atoms with van der Waals surface area (Å²) in [5.74, 6) is -0.497. The van der Waals surface area contributed by atoms with Gasteiger partial charge in [-0.25, -0.2) is 4.68 Å². The Kier molecular flexibility index (Phi) is 12.1. The zero-order valence-electron chi connectivity index (χ0n) is 32.1. The summed E-state index contributed by atoms with van der Waals surface area (Å²) in [5.41, 5.74) is 2.36. The van der Waals surface area contributed by atoms with Crippen LogP contribution in [0.3, 0.4) is 0 Å². The molecule has 0 bridgehead atoms. The molecule has 12 nitrogen and oxygen atoms in total. The smallest absolute Gasteiger partial charge is 0.299 e. The van der Waals surface area contributed by atoms with Crippen LogP contribution in [0.25, 0.3) is 17.1 Å². The average molecular weight is 848 g/mol. The maximum absolute atomic E-state index is 14.1. The maximum atomic E-state index is 14.1. The number of benzene rings is 4. The quantitative estimate of drug-likeness (QED) is 0.0983. The van der Waals surface area contributed by atoms with Crippen LogP contribution in [0, 0.1) is 4.77 Å². The van der Waals surface area contributed by atoms with Crippen molar-refractivity contribution in [1.29, 1.82) is 0 Å². The highest BCUT2D eigenvalue weighted by molar-refractivity contribution is 7.71. The topological polar surface area (TPSA) is 141 Å². The van der Waals surface area contributed by atoms with E-state index in [-0.39, 0.29) is 60.0 Å². The highest BCUT2D eigenvalue weighted by Gasteiger charge is 2.28. The van der Waals surface area contributed by atoms with Crippen LogP contribution < -0.4 is 20.9 Å². The molecule has 0 aliphatic rings. The second kappa shape index (κ2) is 16.7. The number of carbonyl (C=O) groups is 2. The van der Waals surface area contributed by atoms with Gasteiger partial charge in [0.25, 0.3) is 17.4 Å². The normalized spacial score (nSPS) is 11.7. The number of nitrogens with one attached hydrogen (secondary N) is 3. The van der Waals surface area contributed by atoms with Gasteiger partial charge in [-0.2, -0.15) is 9.36 Å². The van der Waals surface area contributed by atoms with Crippen LogP contribution >= 0.6 is 47.0 Å². The zero-order chi connectivity index (χ0) is 41.2. The van der Waals surface area contributed by atoms with E-state index in [1.54, 1.807) is 42.5 Å². The Labute approximate surface area is 349 Å².